The summed E-state index contributed by atoms with van der Waals surface area (Å²) in [6.07, 6.45) is 31.8. The van der Waals surface area contributed by atoms with Crippen molar-refractivity contribution in [1.29, 1.82) is 0 Å². The molecule has 5 heteroatoms. The van der Waals surface area contributed by atoms with Crippen molar-refractivity contribution in [2.75, 3.05) is 26.2 Å². The van der Waals surface area contributed by atoms with Crippen LogP contribution in [0.15, 0.2) is 4.99 Å². The van der Waals surface area contributed by atoms with Gasteiger partial charge in [0, 0.05) is 32.5 Å². The second kappa shape index (κ2) is 28.2. The van der Waals surface area contributed by atoms with Crippen LogP contribution in [0.5, 0.6) is 0 Å². The van der Waals surface area contributed by atoms with Crippen molar-refractivity contribution < 1.29 is 4.79 Å². The van der Waals surface area contributed by atoms with Crippen molar-refractivity contribution in [3.63, 3.8) is 0 Å². The zero-order valence-corrected chi connectivity index (χ0v) is 25.8. The summed E-state index contributed by atoms with van der Waals surface area (Å²) in [6.45, 7) is 8.18. The summed E-state index contributed by atoms with van der Waals surface area (Å²) in [6, 6.07) is 0. The number of carbonyl (C=O) groups is 1. The molecule has 4 nitrogen and oxygen atoms in total. The summed E-state index contributed by atoms with van der Waals surface area (Å²) in [7, 11) is 0. The van der Waals surface area contributed by atoms with E-state index >= 15 is 0 Å². The molecule has 0 saturated carbocycles. The Labute approximate surface area is 238 Å². The smallest absolute Gasteiger partial charge is 0.220 e. The van der Waals surface area contributed by atoms with Gasteiger partial charge in [-0.05, 0) is 12.8 Å². The number of rotatable bonds is 27. The molecule has 1 rings (SSSR count). The van der Waals surface area contributed by atoms with Crippen molar-refractivity contribution in [3.8, 4) is 0 Å². The molecule has 0 bridgehead atoms. The number of amidine groups is 1. The van der Waals surface area contributed by atoms with Crippen molar-refractivity contribution >= 4 is 24.1 Å². The van der Waals surface area contributed by atoms with Gasteiger partial charge in [0.15, 0.2) is 0 Å². The fraction of sp³-hybridized carbons (Fsp3) is 0.938. The first-order valence-corrected chi connectivity index (χ1v) is 16.3. The van der Waals surface area contributed by atoms with Crippen LogP contribution in [0.4, 0.5) is 0 Å². The first-order valence-electron chi connectivity index (χ1n) is 16.3. The molecule has 0 atom stereocenters. The molecule has 1 aliphatic heterocycles. The Morgan fingerprint density at radius 3 is 1.59 bits per heavy atom. The van der Waals surface area contributed by atoms with Crippen LogP contribution in [0, 0.1) is 0 Å². The molecule has 37 heavy (non-hydrogen) atoms. The first-order chi connectivity index (χ1) is 17.8. The minimum atomic E-state index is 0. The highest BCUT2D eigenvalue weighted by atomic mass is 35.5. The Hall–Kier alpha value is -0.770. The lowest BCUT2D eigenvalue weighted by Crippen LogP contribution is -2.36. The van der Waals surface area contributed by atoms with E-state index in [0.29, 0.717) is 6.42 Å². The predicted molar refractivity (Wildman–Crippen MR) is 166 cm³/mol. The van der Waals surface area contributed by atoms with Gasteiger partial charge in [-0.1, -0.05) is 142 Å². The van der Waals surface area contributed by atoms with Crippen molar-refractivity contribution in [2.24, 2.45) is 4.99 Å². The van der Waals surface area contributed by atoms with Gasteiger partial charge in [-0.25, -0.2) is 0 Å². The number of carbonyl (C=O) groups excluding carboxylic acids is 1. The molecule has 0 fully saturated rings. The lowest BCUT2D eigenvalue weighted by molar-refractivity contribution is -0.121. The molecule has 1 aliphatic rings. The molecule has 0 aromatic heterocycles. The fourth-order valence-electron chi connectivity index (χ4n) is 5.32. The van der Waals surface area contributed by atoms with Crippen molar-refractivity contribution in [2.45, 2.75) is 168 Å². The van der Waals surface area contributed by atoms with Crippen LogP contribution in [0.2, 0.25) is 0 Å². The molecule has 0 aliphatic carbocycles. The van der Waals surface area contributed by atoms with E-state index in [0.717, 1.165) is 39.0 Å². The van der Waals surface area contributed by atoms with Crippen LogP contribution in [0.3, 0.4) is 0 Å². The van der Waals surface area contributed by atoms with Crippen LogP contribution in [-0.2, 0) is 4.79 Å². The Morgan fingerprint density at radius 2 is 1.11 bits per heavy atom. The number of nitrogens with zero attached hydrogens (tertiary/aromatic N) is 2. The second-order valence-electron chi connectivity index (χ2n) is 11.2. The van der Waals surface area contributed by atoms with Gasteiger partial charge >= 0.3 is 0 Å². The van der Waals surface area contributed by atoms with Crippen LogP contribution in [0.1, 0.15) is 168 Å². The number of nitrogens with one attached hydrogen (secondary N) is 1. The molecule has 1 heterocycles. The maximum absolute atomic E-state index is 12.1. The van der Waals surface area contributed by atoms with E-state index in [9.17, 15) is 4.79 Å². The Kier molecular flexibility index (Phi) is 27.7. The number of hydrogen-bond acceptors (Lipinski definition) is 3. The monoisotopic (exact) mass is 541 g/mol. The van der Waals surface area contributed by atoms with Gasteiger partial charge in [0.1, 0.15) is 0 Å². The van der Waals surface area contributed by atoms with E-state index in [2.05, 4.69) is 24.1 Å². The number of amides is 1. The Balaban J connectivity index is 0.0000130. The van der Waals surface area contributed by atoms with Gasteiger partial charge in [0.2, 0.25) is 5.91 Å². The number of unbranched alkanes of at least 4 members (excludes halogenated alkanes) is 20. The summed E-state index contributed by atoms with van der Waals surface area (Å²) in [5, 5.41) is 3.13. The lowest BCUT2D eigenvalue weighted by atomic mass is 10.0. The average molecular weight is 542 g/mol. The number of hydrogen-bond donors (Lipinski definition) is 1. The third-order valence-corrected chi connectivity index (χ3v) is 7.74. The third-order valence-electron chi connectivity index (χ3n) is 7.74. The quantitative estimate of drug-likeness (QED) is 0.105. The Bertz CT molecular complexity index is 526. The van der Waals surface area contributed by atoms with Gasteiger partial charge in [0.05, 0.1) is 12.4 Å². The maximum atomic E-state index is 12.1. The highest BCUT2D eigenvalue weighted by Gasteiger charge is 2.16. The van der Waals surface area contributed by atoms with Gasteiger partial charge < -0.3 is 10.2 Å². The molecule has 1 amide bonds. The standard InChI is InChI=1S/C32H63N3O.ClH/c1-3-5-7-9-11-12-13-14-15-16-17-18-20-21-23-25-31-33-27-29-35(31)30-28-34-32(36)26-24-22-19-10-8-6-4-2;/h3-30H2,1-2H3,(H,34,36);1H. The molecule has 0 aromatic rings. The molecule has 220 valence electrons. The zero-order chi connectivity index (χ0) is 25.9. The first kappa shape index (κ1) is 36.2. The molecule has 1 N–H and O–H groups in total. The molecule has 0 radical (unpaired) electrons. The summed E-state index contributed by atoms with van der Waals surface area (Å²) < 4.78 is 0. The highest BCUT2D eigenvalue weighted by molar-refractivity contribution is 5.85. The zero-order valence-electron chi connectivity index (χ0n) is 25.0. The molecule has 0 saturated heterocycles. The van der Waals surface area contributed by atoms with Crippen LogP contribution in [-0.4, -0.2) is 42.8 Å². The second-order valence-corrected chi connectivity index (χ2v) is 11.2. The van der Waals surface area contributed by atoms with E-state index in [-0.39, 0.29) is 18.3 Å². The largest absolute Gasteiger partial charge is 0.357 e. The third kappa shape index (κ3) is 22.9. The van der Waals surface area contributed by atoms with Crippen LogP contribution >= 0.6 is 12.4 Å². The minimum absolute atomic E-state index is 0. The fourth-order valence-corrected chi connectivity index (χ4v) is 5.32. The summed E-state index contributed by atoms with van der Waals surface area (Å²) in [5.41, 5.74) is 0. The average Bonchev–Trinajstić information content (AvgIpc) is 3.33. The summed E-state index contributed by atoms with van der Waals surface area (Å²) >= 11 is 0. The topological polar surface area (TPSA) is 44.7 Å². The molecule has 0 spiro atoms. The Morgan fingerprint density at radius 1 is 0.676 bits per heavy atom. The van der Waals surface area contributed by atoms with Gasteiger partial charge in [-0.15, -0.1) is 12.4 Å². The normalized spacial score (nSPS) is 13.0. The lowest BCUT2D eigenvalue weighted by Gasteiger charge is -2.20. The van der Waals surface area contributed by atoms with Gasteiger partial charge in [0.25, 0.3) is 0 Å². The van der Waals surface area contributed by atoms with Crippen molar-refractivity contribution in [3.05, 3.63) is 0 Å². The molecular weight excluding hydrogens is 478 g/mol. The number of aliphatic imine (C=N–C) groups is 1. The van der Waals surface area contributed by atoms with E-state index in [1.54, 1.807) is 0 Å². The maximum Gasteiger partial charge on any atom is 0.220 e. The summed E-state index contributed by atoms with van der Waals surface area (Å²) in [4.78, 5) is 19.2. The van der Waals surface area contributed by atoms with Gasteiger partial charge in [-0.2, -0.15) is 0 Å². The van der Waals surface area contributed by atoms with Crippen LogP contribution in [0.25, 0.3) is 0 Å². The van der Waals surface area contributed by atoms with Gasteiger partial charge in [-0.3, -0.25) is 9.79 Å². The van der Waals surface area contributed by atoms with Crippen molar-refractivity contribution in [1.82, 2.24) is 10.2 Å². The number of halogens is 1. The molecule has 0 unspecified atom stereocenters. The predicted octanol–water partition coefficient (Wildman–Crippen LogP) is 9.64. The summed E-state index contributed by atoms with van der Waals surface area (Å²) in [5.74, 6) is 1.51. The van der Waals surface area contributed by atoms with E-state index in [1.807, 2.05) is 0 Å². The van der Waals surface area contributed by atoms with E-state index < -0.39 is 0 Å². The minimum Gasteiger partial charge on any atom is -0.357 e. The van der Waals surface area contributed by atoms with E-state index in [1.165, 1.54) is 141 Å². The highest BCUT2D eigenvalue weighted by Crippen LogP contribution is 2.15. The molecule has 0 aromatic carbocycles. The van der Waals surface area contributed by atoms with Crippen LogP contribution < -0.4 is 5.32 Å². The molecular formula is C32H64ClN3O. The van der Waals surface area contributed by atoms with E-state index in [4.69, 9.17) is 4.99 Å². The SMILES string of the molecule is CCCCCCCCCCCCCCCCCC1=NCCN1CCNC(=O)CCCCCCCCC.Cl.